The Labute approximate surface area is 153 Å². The largest absolute Gasteiger partial charge is 0.367 e. The Morgan fingerprint density at radius 2 is 1.92 bits per heavy atom. The smallest absolute Gasteiger partial charge is 0.179 e. The summed E-state index contributed by atoms with van der Waals surface area (Å²) in [4.78, 5) is 21.7. The van der Waals surface area contributed by atoms with Gasteiger partial charge in [0.25, 0.3) is 0 Å². The molecule has 2 N–H and O–H groups in total. The van der Waals surface area contributed by atoms with Gasteiger partial charge >= 0.3 is 0 Å². The molecule has 3 aromatic heterocycles. The second-order valence-corrected chi connectivity index (χ2v) is 6.87. The summed E-state index contributed by atoms with van der Waals surface area (Å²) in [6, 6.07) is 6.13. The fourth-order valence-corrected chi connectivity index (χ4v) is 3.34. The zero-order valence-corrected chi connectivity index (χ0v) is 15.4. The third-order valence-electron chi connectivity index (χ3n) is 4.97. The zero-order chi connectivity index (χ0) is 17.9. The Balaban J connectivity index is 1.47. The topological polar surface area (TPSA) is 73.0 Å². The molecular weight excluding hydrogens is 326 g/mol. The summed E-state index contributed by atoms with van der Waals surface area (Å²) in [5.74, 6) is 0.905. The fourth-order valence-electron chi connectivity index (χ4n) is 3.34. The molecule has 0 bridgehead atoms. The average Bonchev–Trinajstić information content (AvgIpc) is 3.07. The standard InChI is InChI=1S/C19H25N7/c1-14-4-3-6-21-15(14)12-20-13-17-23-18-16(5-7-22-19(18)24-17)26-10-8-25(2)9-11-26/h3-7,20H,8-13H2,1-2H3,(H,22,23,24). The quantitative estimate of drug-likeness (QED) is 0.729. The second kappa shape index (κ2) is 7.39. The van der Waals surface area contributed by atoms with Gasteiger partial charge in [0.1, 0.15) is 11.3 Å². The van der Waals surface area contributed by atoms with E-state index in [4.69, 9.17) is 0 Å². The number of hydrogen-bond acceptors (Lipinski definition) is 6. The molecule has 0 radical (unpaired) electrons. The number of hydrogen-bond donors (Lipinski definition) is 2. The highest BCUT2D eigenvalue weighted by molar-refractivity contribution is 5.86. The first-order valence-corrected chi connectivity index (χ1v) is 9.09. The van der Waals surface area contributed by atoms with Gasteiger partial charge in [0.2, 0.25) is 0 Å². The Bertz CT molecular complexity index is 880. The van der Waals surface area contributed by atoms with Crippen LogP contribution < -0.4 is 10.2 Å². The van der Waals surface area contributed by atoms with E-state index in [1.165, 1.54) is 11.3 Å². The monoisotopic (exact) mass is 351 g/mol. The van der Waals surface area contributed by atoms with Crippen molar-refractivity contribution in [1.82, 2.24) is 30.2 Å². The SMILES string of the molecule is Cc1cccnc1CNCc1nc2nccc(N3CCN(C)CC3)c2[nH]1. The van der Waals surface area contributed by atoms with Crippen molar-refractivity contribution in [3.8, 4) is 0 Å². The number of aryl methyl sites for hydroxylation is 1. The molecule has 1 saturated heterocycles. The lowest BCUT2D eigenvalue weighted by molar-refractivity contribution is 0.313. The van der Waals surface area contributed by atoms with Gasteiger partial charge in [-0.3, -0.25) is 4.98 Å². The zero-order valence-electron chi connectivity index (χ0n) is 15.4. The molecule has 7 heteroatoms. The second-order valence-electron chi connectivity index (χ2n) is 6.87. The fraction of sp³-hybridized carbons (Fsp3) is 0.421. The Kier molecular flexibility index (Phi) is 4.81. The van der Waals surface area contributed by atoms with Crippen molar-refractivity contribution in [2.24, 2.45) is 0 Å². The summed E-state index contributed by atoms with van der Waals surface area (Å²) < 4.78 is 0. The van der Waals surface area contributed by atoms with Crippen LogP contribution in [0.2, 0.25) is 0 Å². The molecule has 0 aliphatic carbocycles. The Morgan fingerprint density at radius 1 is 1.08 bits per heavy atom. The minimum Gasteiger partial charge on any atom is -0.367 e. The normalized spacial score (nSPS) is 15.7. The summed E-state index contributed by atoms with van der Waals surface area (Å²) >= 11 is 0. The molecule has 3 aromatic rings. The molecule has 1 aliphatic heterocycles. The van der Waals surface area contributed by atoms with Crippen molar-refractivity contribution in [2.75, 3.05) is 38.1 Å². The molecule has 136 valence electrons. The summed E-state index contributed by atoms with van der Waals surface area (Å²) in [5, 5.41) is 3.42. The van der Waals surface area contributed by atoms with Crippen molar-refractivity contribution in [2.45, 2.75) is 20.0 Å². The highest BCUT2D eigenvalue weighted by atomic mass is 15.3. The summed E-state index contributed by atoms with van der Waals surface area (Å²) in [6.45, 7) is 7.68. The Morgan fingerprint density at radius 3 is 2.73 bits per heavy atom. The number of nitrogens with zero attached hydrogens (tertiary/aromatic N) is 5. The summed E-state index contributed by atoms with van der Waals surface area (Å²) in [5.41, 5.74) is 5.28. The molecule has 0 spiro atoms. The van der Waals surface area contributed by atoms with Crippen molar-refractivity contribution in [3.63, 3.8) is 0 Å². The highest BCUT2D eigenvalue weighted by Gasteiger charge is 2.18. The number of likely N-dealkylation sites (N-methyl/N-ethyl adjacent to an activating group) is 1. The maximum Gasteiger partial charge on any atom is 0.179 e. The van der Waals surface area contributed by atoms with E-state index in [9.17, 15) is 0 Å². The molecule has 0 aromatic carbocycles. The lowest BCUT2D eigenvalue weighted by atomic mass is 10.2. The van der Waals surface area contributed by atoms with Crippen molar-refractivity contribution >= 4 is 16.9 Å². The number of rotatable bonds is 5. The summed E-state index contributed by atoms with van der Waals surface area (Å²) in [7, 11) is 2.17. The van der Waals surface area contributed by atoms with Crippen molar-refractivity contribution in [1.29, 1.82) is 0 Å². The van der Waals surface area contributed by atoms with Crippen LogP contribution >= 0.6 is 0 Å². The average molecular weight is 351 g/mol. The third kappa shape index (κ3) is 3.54. The van der Waals surface area contributed by atoms with Crippen LogP contribution in [0, 0.1) is 6.92 Å². The summed E-state index contributed by atoms with van der Waals surface area (Å²) in [6.07, 6.45) is 3.68. The van der Waals surface area contributed by atoms with Crippen LogP contribution in [-0.4, -0.2) is 58.1 Å². The third-order valence-corrected chi connectivity index (χ3v) is 4.97. The van der Waals surface area contributed by atoms with Crippen LogP contribution in [0.3, 0.4) is 0 Å². The van der Waals surface area contributed by atoms with Crippen LogP contribution in [0.5, 0.6) is 0 Å². The predicted molar refractivity (Wildman–Crippen MR) is 103 cm³/mol. The van der Waals surface area contributed by atoms with Gasteiger partial charge in [0.05, 0.1) is 17.9 Å². The number of anilines is 1. The van der Waals surface area contributed by atoms with Gasteiger partial charge in [-0.05, 0) is 31.7 Å². The predicted octanol–water partition coefficient (Wildman–Crippen LogP) is 1.70. The van der Waals surface area contributed by atoms with Crippen LogP contribution in [0.25, 0.3) is 11.2 Å². The van der Waals surface area contributed by atoms with E-state index in [-0.39, 0.29) is 0 Å². The minimum absolute atomic E-state index is 0.661. The lowest BCUT2D eigenvalue weighted by Gasteiger charge is -2.34. The minimum atomic E-state index is 0.661. The van der Waals surface area contributed by atoms with E-state index >= 15 is 0 Å². The number of imidazole rings is 1. The molecule has 4 rings (SSSR count). The molecular formula is C19H25N7. The molecule has 7 nitrogen and oxygen atoms in total. The molecule has 26 heavy (non-hydrogen) atoms. The van der Waals surface area contributed by atoms with E-state index in [2.05, 4.69) is 61.2 Å². The molecule has 1 fully saturated rings. The van der Waals surface area contributed by atoms with Crippen LogP contribution in [0.1, 0.15) is 17.1 Å². The number of pyridine rings is 2. The number of piperazine rings is 1. The first-order chi connectivity index (χ1) is 12.7. The van der Waals surface area contributed by atoms with E-state index in [1.54, 1.807) is 0 Å². The molecule has 0 unspecified atom stereocenters. The van der Waals surface area contributed by atoms with Gasteiger partial charge in [-0.25, -0.2) is 9.97 Å². The van der Waals surface area contributed by atoms with Crippen LogP contribution in [-0.2, 0) is 13.1 Å². The number of aromatic amines is 1. The van der Waals surface area contributed by atoms with Crippen molar-refractivity contribution < 1.29 is 0 Å². The molecule has 0 saturated carbocycles. The first-order valence-electron chi connectivity index (χ1n) is 9.09. The molecule has 1 aliphatic rings. The van der Waals surface area contributed by atoms with Gasteiger partial charge in [-0.1, -0.05) is 6.07 Å². The number of nitrogens with one attached hydrogen (secondary N) is 2. The molecule has 0 atom stereocenters. The number of aromatic nitrogens is 4. The number of fused-ring (bicyclic) bond motifs is 1. The van der Waals surface area contributed by atoms with E-state index in [0.717, 1.165) is 55.4 Å². The van der Waals surface area contributed by atoms with Gasteiger partial charge < -0.3 is 20.1 Å². The maximum absolute atomic E-state index is 4.65. The number of H-pyrrole nitrogens is 1. The maximum atomic E-state index is 4.65. The van der Waals surface area contributed by atoms with Crippen molar-refractivity contribution in [3.05, 3.63) is 47.7 Å². The van der Waals surface area contributed by atoms with Gasteiger partial charge in [-0.2, -0.15) is 0 Å². The lowest BCUT2D eigenvalue weighted by Crippen LogP contribution is -2.44. The van der Waals surface area contributed by atoms with E-state index < -0.39 is 0 Å². The first kappa shape index (κ1) is 16.9. The highest BCUT2D eigenvalue weighted by Crippen LogP contribution is 2.24. The Hall–Kier alpha value is -2.51. The van der Waals surface area contributed by atoms with Crippen LogP contribution in [0.4, 0.5) is 5.69 Å². The molecule has 4 heterocycles. The van der Waals surface area contributed by atoms with Gasteiger partial charge in [0, 0.05) is 45.1 Å². The van der Waals surface area contributed by atoms with E-state index in [1.807, 2.05) is 18.5 Å². The van der Waals surface area contributed by atoms with Gasteiger partial charge in [0.15, 0.2) is 5.65 Å². The van der Waals surface area contributed by atoms with Crippen LogP contribution in [0.15, 0.2) is 30.6 Å². The van der Waals surface area contributed by atoms with Gasteiger partial charge in [-0.15, -0.1) is 0 Å². The van der Waals surface area contributed by atoms with E-state index in [0.29, 0.717) is 6.54 Å². The molecule has 0 amide bonds.